The Morgan fingerprint density at radius 3 is 2.76 bits per heavy atom. The number of ketones is 1. The Hall–Kier alpha value is -2.93. The van der Waals surface area contributed by atoms with Crippen molar-refractivity contribution in [1.29, 1.82) is 0 Å². The van der Waals surface area contributed by atoms with Gasteiger partial charge in [0.1, 0.15) is 0 Å². The lowest BCUT2D eigenvalue weighted by Gasteiger charge is -2.26. The van der Waals surface area contributed by atoms with Gasteiger partial charge in [-0.1, -0.05) is 31.5 Å². The van der Waals surface area contributed by atoms with Crippen molar-refractivity contribution in [2.45, 2.75) is 39.7 Å². The van der Waals surface area contributed by atoms with Crippen molar-refractivity contribution >= 4 is 33.9 Å². The quantitative estimate of drug-likeness (QED) is 0.582. The van der Waals surface area contributed by atoms with E-state index in [0.717, 1.165) is 34.3 Å². The van der Waals surface area contributed by atoms with Gasteiger partial charge in [-0.05, 0) is 26.3 Å². The number of H-pyrrole nitrogens is 1. The number of fused-ring (bicyclic) bond motifs is 1. The lowest BCUT2D eigenvalue weighted by atomic mass is 9.94. The van der Waals surface area contributed by atoms with Crippen LogP contribution in [0.4, 0.5) is 0 Å². The van der Waals surface area contributed by atoms with Crippen molar-refractivity contribution < 1.29 is 14.7 Å². The van der Waals surface area contributed by atoms with Crippen LogP contribution >= 0.6 is 11.3 Å². The van der Waals surface area contributed by atoms with E-state index >= 15 is 0 Å². The summed E-state index contributed by atoms with van der Waals surface area (Å²) in [5, 5.41) is 12.5. The number of thiazole rings is 1. The summed E-state index contributed by atoms with van der Waals surface area (Å²) in [7, 11) is 0. The fourth-order valence-electron chi connectivity index (χ4n) is 3.95. The number of Topliss-reactive ketones (excluding diaryl/α,β-unsaturated/α-hetero) is 1. The number of aromatic nitrogens is 2. The van der Waals surface area contributed by atoms with Gasteiger partial charge >= 0.3 is 0 Å². The van der Waals surface area contributed by atoms with E-state index in [1.54, 1.807) is 11.8 Å². The molecule has 1 aliphatic heterocycles. The molecule has 0 aliphatic carbocycles. The Kier molecular flexibility index (Phi) is 5.00. The fourth-order valence-corrected chi connectivity index (χ4v) is 4.83. The minimum Gasteiger partial charge on any atom is -0.503 e. The van der Waals surface area contributed by atoms with Crippen LogP contribution in [0.15, 0.2) is 41.8 Å². The van der Waals surface area contributed by atoms with Crippen LogP contribution in [0.2, 0.25) is 0 Å². The van der Waals surface area contributed by atoms with Crippen molar-refractivity contribution in [3.8, 4) is 0 Å². The Bertz CT molecular complexity index is 1140. The van der Waals surface area contributed by atoms with Gasteiger partial charge in [-0.25, -0.2) is 4.98 Å². The van der Waals surface area contributed by atoms with Gasteiger partial charge in [-0.2, -0.15) is 0 Å². The summed E-state index contributed by atoms with van der Waals surface area (Å²) in [4.78, 5) is 36.0. The molecule has 0 fully saturated rings. The molecule has 0 radical (unpaired) electrons. The van der Waals surface area contributed by atoms with E-state index in [0.29, 0.717) is 17.1 Å². The van der Waals surface area contributed by atoms with Gasteiger partial charge < -0.3 is 15.0 Å². The van der Waals surface area contributed by atoms with Crippen molar-refractivity contribution in [2.75, 3.05) is 6.54 Å². The summed E-state index contributed by atoms with van der Waals surface area (Å²) in [6, 6.07) is 7.14. The van der Waals surface area contributed by atoms with E-state index in [9.17, 15) is 14.7 Å². The number of para-hydroxylation sites is 1. The molecule has 29 heavy (non-hydrogen) atoms. The van der Waals surface area contributed by atoms with Crippen molar-refractivity contribution in [1.82, 2.24) is 14.9 Å². The molecule has 0 bridgehead atoms. The molecule has 3 aromatic rings. The molecule has 2 aromatic heterocycles. The highest BCUT2D eigenvalue weighted by atomic mass is 32.1. The summed E-state index contributed by atoms with van der Waals surface area (Å²) in [6.45, 7) is 6.14. The van der Waals surface area contributed by atoms with Crippen molar-refractivity contribution in [3.63, 3.8) is 0 Å². The monoisotopic (exact) mass is 409 g/mol. The number of unbranched alkanes of at least 4 members (excludes halogenated alkanes) is 1. The number of aromatic amines is 1. The lowest BCUT2D eigenvalue weighted by molar-refractivity contribution is -0.129. The van der Waals surface area contributed by atoms with Crippen LogP contribution < -0.4 is 0 Å². The number of benzene rings is 1. The van der Waals surface area contributed by atoms with E-state index < -0.39 is 17.7 Å². The number of rotatable bonds is 6. The second kappa shape index (κ2) is 7.48. The molecule has 3 heterocycles. The number of aliphatic hydroxyl groups is 1. The molecule has 1 aromatic carbocycles. The molecule has 1 amide bonds. The average Bonchev–Trinajstić information content (AvgIpc) is 3.34. The highest BCUT2D eigenvalue weighted by Gasteiger charge is 2.45. The zero-order valence-electron chi connectivity index (χ0n) is 16.7. The first-order valence-corrected chi connectivity index (χ1v) is 10.5. The molecule has 0 spiro atoms. The van der Waals surface area contributed by atoms with E-state index in [1.807, 2.05) is 44.3 Å². The molecule has 6 nitrogen and oxygen atoms in total. The fraction of sp³-hybridized carbons (Fsp3) is 0.318. The minimum absolute atomic E-state index is 0.141. The maximum Gasteiger partial charge on any atom is 0.290 e. The van der Waals surface area contributed by atoms with Gasteiger partial charge in [-0.15, -0.1) is 11.3 Å². The Balaban J connectivity index is 1.87. The van der Waals surface area contributed by atoms with E-state index in [2.05, 4.69) is 9.97 Å². The van der Waals surface area contributed by atoms with E-state index in [-0.39, 0.29) is 11.4 Å². The number of hydrogen-bond donors (Lipinski definition) is 2. The normalized spacial score (nSPS) is 17.0. The van der Waals surface area contributed by atoms with Crippen molar-refractivity contribution in [2.24, 2.45) is 0 Å². The van der Waals surface area contributed by atoms with Gasteiger partial charge in [-0.3, -0.25) is 9.59 Å². The van der Waals surface area contributed by atoms with Gasteiger partial charge in [0.2, 0.25) is 5.78 Å². The molecule has 0 saturated carbocycles. The summed E-state index contributed by atoms with van der Waals surface area (Å²) in [5.74, 6) is -1.27. The SMILES string of the molecule is CCCCN1C(=O)C(O)=C(C(=O)c2sc(C)nc2C)C1c1c[nH]c2ccccc12. The summed E-state index contributed by atoms with van der Waals surface area (Å²) >= 11 is 1.29. The van der Waals surface area contributed by atoms with Crippen LogP contribution in [-0.2, 0) is 4.79 Å². The first-order chi connectivity index (χ1) is 13.9. The number of nitrogens with one attached hydrogen (secondary N) is 1. The third kappa shape index (κ3) is 3.15. The maximum atomic E-state index is 13.5. The van der Waals surface area contributed by atoms with Crippen LogP contribution in [0.3, 0.4) is 0 Å². The van der Waals surface area contributed by atoms with Crippen molar-refractivity contribution in [3.05, 3.63) is 62.9 Å². The van der Waals surface area contributed by atoms with Crippen LogP contribution in [0, 0.1) is 13.8 Å². The molecule has 4 rings (SSSR count). The van der Waals surface area contributed by atoms with E-state index in [1.165, 1.54) is 11.3 Å². The zero-order valence-corrected chi connectivity index (χ0v) is 17.5. The number of hydrogen-bond acceptors (Lipinski definition) is 5. The summed E-state index contributed by atoms with van der Waals surface area (Å²) in [5.41, 5.74) is 2.50. The van der Waals surface area contributed by atoms with Crippen LogP contribution in [0.5, 0.6) is 0 Å². The number of nitrogens with zero attached hydrogens (tertiary/aromatic N) is 2. The lowest BCUT2D eigenvalue weighted by Crippen LogP contribution is -2.32. The van der Waals surface area contributed by atoms with Gasteiger partial charge in [0.25, 0.3) is 5.91 Å². The molecular formula is C22H23N3O3S. The van der Waals surface area contributed by atoms with Crippen LogP contribution in [-0.4, -0.2) is 38.2 Å². The second-order valence-electron chi connectivity index (χ2n) is 7.28. The van der Waals surface area contributed by atoms with E-state index in [4.69, 9.17) is 0 Å². The topological polar surface area (TPSA) is 86.3 Å². The second-order valence-corrected chi connectivity index (χ2v) is 8.49. The summed E-state index contributed by atoms with van der Waals surface area (Å²) in [6.07, 6.45) is 3.53. The molecule has 150 valence electrons. The zero-order chi connectivity index (χ0) is 20.7. The predicted molar refractivity (Wildman–Crippen MR) is 113 cm³/mol. The number of carbonyl (C=O) groups excluding carboxylic acids is 2. The van der Waals surface area contributed by atoms with Gasteiger partial charge in [0.15, 0.2) is 5.76 Å². The molecule has 1 unspecified atom stereocenters. The Morgan fingerprint density at radius 2 is 2.07 bits per heavy atom. The first-order valence-electron chi connectivity index (χ1n) is 9.72. The third-order valence-corrected chi connectivity index (χ3v) is 6.40. The molecular weight excluding hydrogens is 386 g/mol. The maximum absolute atomic E-state index is 13.5. The highest BCUT2D eigenvalue weighted by molar-refractivity contribution is 7.14. The number of aliphatic hydroxyl groups excluding tert-OH is 1. The minimum atomic E-state index is -0.625. The first kappa shape index (κ1) is 19.4. The average molecular weight is 410 g/mol. The number of amides is 1. The molecule has 1 aliphatic rings. The van der Waals surface area contributed by atoms with Crippen LogP contribution in [0.25, 0.3) is 10.9 Å². The Morgan fingerprint density at radius 1 is 1.31 bits per heavy atom. The molecule has 0 saturated heterocycles. The third-order valence-electron chi connectivity index (χ3n) is 5.33. The molecule has 1 atom stereocenters. The molecule has 7 heteroatoms. The largest absolute Gasteiger partial charge is 0.503 e. The smallest absolute Gasteiger partial charge is 0.290 e. The standard InChI is InChI=1S/C22H23N3O3S/c1-4-5-10-25-18(15-11-23-16-9-7-6-8-14(15)16)17(20(27)22(25)28)19(26)21-12(2)24-13(3)29-21/h6-9,11,18,23,27H,4-5,10H2,1-3H3. The predicted octanol–water partition coefficient (Wildman–Crippen LogP) is 4.62. The molecule has 2 N–H and O–H groups in total. The number of carbonyl (C=O) groups is 2. The van der Waals surface area contributed by atoms with Gasteiger partial charge in [0.05, 0.1) is 27.2 Å². The van der Waals surface area contributed by atoms with Crippen LogP contribution in [0.1, 0.15) is 51.7 Å². The summed E-state index contributed by atoms with van der Waals surface area (Å²) < 4.78 is 0. The highest BCUT2D eigenvalue weighted by Crippen LogP contribution is 2.42. The Labute approximate surface area is 172 Å². The number of aryl methyl sites for hydroxylation is 2. The van der Waals surface area contributed by atoms with Gasteiger partial charge in [0, 0.05) is 29.2 Å².